The maximum absolute atomic E-state index is 6.33. The third-order valence-corrected chi connectivity index (χ3v) is 7.14. The molecule has 2 aromatic rings. The first-order valence-corrected chi connectivity index (χ1v) is 10.7. The molecule has 0 bridgehead atoms. The Morgan fingerprint density at radius 2 is 1.73 bits per heavy atom. The van der Waals surface area contributed by atoms with Crippen molar-refractivity contribution in [3.05, 3.63) is 58.1 Å². The Labute approximate surface area is 166 Å². The van der Waals surface area contributed by atoms with Crippen LogP contribution in [-0.4, -0.2) is 43.0 Å². The lowest BCUT2D eigenvalue weighted by molar-refractivity contribution is 0.110. The summed E-state index contributed by atoms with van der Waals surface area (Å²) in [5, 5.41) is 0.843. The Bertz CT molecular complexity index is 797. The summed E-state index contributed by atoms with van der Waals surface area (Å²) in [7, 11) is 2.22. The molecule has 1 saturated heterocycles. The van der Waals surface area contributed by atoms with Crippen LogP contribution >= 0.6 is 23.4 Å². The molecule has 0 spiro atoms. The maximum atomic E-state index is 6.33. The minimum absolute atomic E-state index is 0.435. The highest BCUT2D eigenvalue weighted by atomic mass is 35.5. The molecule has 0 aromatic heterocycles. The van der Waals surface area contributed by atoms with Crippen LogP contribution in [0.2, 0.25) is 5.02 Å². The summed E-state index contributed by atoms with van der Waals surface area (Å²) < 4.78 is 0. The van der Waals surface area contributed by atoms with Crippen molar-refractivity contribution < 1.29 is 0 Å². The normalized spacial score (nSPS) is 21.3. The van der Waals surface area contributed by atoms with E-state index in [9.17, 15) is 0 Å². The predicted molar refractivity (Wildman–Crippen MR) is 112 cm³/mol. The van der Waals surface area contributed by atoms with Crippen LogP contribution in [-0.2, 0) is 6.42 Å². The zero-order chi connectivity index (χ0) is 18.3. The van der Waals surface area contributed by atoms with Crippen LogP contribution in [0.5, 0.6) is 0 Å². The fraction of sp³-hybridized carbons (Fsp3) is 0.455. The van der Waals surface area contributed by atoms with Gasteiger partial charge < -0.3 is 4.90 Å². The Hall–Kier alpha value is -1.000. The van der Waals surface area contributed by atoms with E-state index >= 15 is 0 Å². The summed E-state index contributed by atoms with van der Waals surface area (Å²) in [4.78, 5) is 7.86. The summed E-state index contributed by atoms with van der Waals surface area (Å²) in [6, 6.07) is 13.9. The molecule has 4 rings (SSSR count). The Morgan fingerprint density at radius 1 is 1.00 bits per heavy atom. The number of nitrogens with zero attached hydrogens (tertiary/aromatic N) is 2. The molecule has 138 valence electrons. The van der Waals surface area contributed by atoms with Crippen molar-refractivity contribution in [1.82, 2.24) is 9.80 Å². The predicted octanol–water partition coefficient (Wildman–Crippen LogP) is 5.46. The first-order chi connectivity index (χ1) is 12.5. The lowest BCUT2D eigenvalue weighted by Gasteiger charge is -2.38. The molecule has 0 saturated carbocycles. The van der Waals surface area contributed by atoms with Gasteiger partial charge in [0.25, 0.3) is 0 Å². The summed E-state index contributed by atoms with van der Waals surface area (Å²) in [6.07, 6.45) is 1.04. The molecule has 4 heteroatoms. The number of rotatable bonds is 2. The van der Waals surface area contributed by atoms with Gasteiger partial charge in [-0.05, 0) is 60.3 Å². The quantitative estimate of drug-likeness (QED) is 0.676. The SMILES string of the molecule is CC(C)c1ccc2c(c1)[C@@H](N1CCN(C)CC1)Cc1cc(Cl)ccc1S2. The molecule has 0 N–H and O–H groups in total. The second kappa shape index (κ2) is 7.55. The van der Waals surface area contributed by atoms with Gasteiger partial charge >= 0.3 is 0 Å². The van der Waals surface area contributed by atoms with Gasteiger partial charge in [-0.2, -0.15) is 0 Å². The Balaban J connectivity index is 1.78. The maximum Gasteiger partial charge on any atom is 0.0409 e. The highest BCUT2D eigenvalue weighted by molar-refractivity contribution is 7.99. The smallest absolute Gasteiger partial charge is 0.0409 e. The van der Waals surface area contributed by atoms with Gasteiger partial charge in [0, 0.05) is 47.0 Å². The molecule has 0 aliphatic carbocycles. The lowest BCUT2D eigenvalue weighted by atomic mass is 9.93. The van der Waals surface area contributed by atoms with Crippen LogP contribution < -0.4 is 0 Å². The standard InChI is InChI=1S/C22H27ClN2S/c1-15(2)16-4-6-22-19(13-16)20(25-10-8-24(3)9-11-25)14-17-12-18(23)5-7-21(17)26-22/h4-7,12-13,15,20H,8-11,14H2,1-3H3/t20-/m0/s1. The van der Waals surface area contributed by atoms with Crippen LogP contribution in [0.3, 0.4) is 0 Å². The molecule has 0 radical (unpaired) electrons. The van der Waals surface area contributed by atoms with E-state index in [4.69, 9.17) is 11.6 Å². The second-order valence-electron chi connectivity index (χ2n) is 7.87. The van der Waals surface area contributed by atoms with Crippen LogP contribution in [0, 0.1) is 0 Å². The molecular formula is C22H27ClN2S. The van der Waals surface area contributed by atoms with E-state index in [1.807, 2.05) is 17.8 Å². The van der Waals surface area contributed by atoms with Crippen LogP contribution in [0.25, 0.3) is 0 Å². The third kappa shape index (κ3) is 3.68. The van der Waals surface area contributed by atoms with Gasteiger partial charge in [-0.15, -0.1) is 0 Å². The van der Waals surface area contributed by atoms with Crippen molar-refractivity contribution in [2.75, 3.05) is 33.2 Å². The van der Waals surface area contributed by atoms with E-state index in [2.05, 4.69) is 61.0 Å². The molecule has 2 aliphatic heterocycles. The monoisotopic (exact) mass is 386 g/mol. The topological polar surface area (TPSA) is 6.48 Å². The van der Waals surface area contributed by atoms with Gasteiger partial charge in [0.2, 0.25) is 0 Å². The van der Waals surface area contributed by atoms with E-state index in [-0.39, 0.29) is 0 Å². The number of piperazine rings is 1. The van der Waals surface area contributed by atoms with Crippen LogP contribution in [0.15, 0.2) is 46.2 Å². The largest absolute Gasteiger partial charge is 0.304 e. The van der Waals surface area contributed by atoms with Gasteiger partial charge in [-0.25, -0.2) is 0 Å². The number of benzene rings is 2. The van der Waals surface area contributed by atoms with E-state index in [1.165, 1.54) is 26.5 Å². The van der Waals surface area contributed by atoms with Gasteiger partial charge in [-0.3, -0.25) is 4.90 Å². The van der Waals surface area contributed by atoms with E-state index in [1.54, 1.807) is 0 Å². The fourth-order valence-corrected chi connectivity index (χ4v) is 5.27. The fourth-order valence-electron chi connectivity index (χ4n) is 3.98. The second-order valence-corrected chi connectivity index (χ2v) is 9.39. The average molecular weight is 387 g/mol. The zero-order valence-electron chi connectivity index (χ0n) is 15.8. The van der Waals surface area contributed by atoms with Crippen LogP contribution in [0.1, 0.15) is 42.5 Å². The molecule has 2 heterocycles. The molecule has 2 nitrogen and oxygen atoms in total. The van der Waals surface area contributed by atoms with Gasteiger partial charge in [0.05, 0.1) is 0 Å². The van der Waals surface area contributed by atoms with E-state index in [0.29, 0.717) is 12.0 Å². The summed E-state index contributed by atoms with van der Waals surface area (Å²) in [5.41, 5.74) is 4.32. The van der Waals surface area contributed by atoms with Crippen molar-refractivity contribution >= 4 is 23.4 Å². The molecule has 2 aliphatic rings. The highest BCUT2D eigenvalue weighted by Crippen LogP contribution is 2.44. The lowest BCUT2D eigenvalue weighted by Crippen LogP contribution is -2.46. The first-order valence-electron chi connectivity index (χ1n) is 9.54. The highest BCUT2D eigenvalue weighted by Gasteiger charge is 2.29. The molecule has 1 fully saturated rings. The van der Waals surface area contributed by atoms with E-state index < -0.39 is 0 Å². The number of hydrogen-bond acceptors (Lipinski definition) is 3. The number of hydrogen-bond donors (Lipinski definition) is 0. The molecular weight excluding hydrogens is 360 g/mol. The van der Waals surface area contributed by atoms with Gasteiger partial charge in [0.15, 0.2) is 0 Å². The summed E-state index contributed by atoms with van der Waals surface area (Å²) in [6.45, 7) is 9.12. The molecule has 2 aromatic carbocycles. The van der Waals surface area contributed by atoms with Crippen LogP contribution in [0.4, 0.5) is 0 Å². The van der Waals surface area contributed by atoms with Crippen molar-refractivity contribution in [2.45, 2.75) is 42.0 Å². The van der Waals surface area contributed by atoms with Gasteiger partial charge in [0.1, 0.15) is 0 Å². The minimum atomic E-state index is 0.435. The van der Waals surface area contributed by atoms with Crippen molar-refractivity contribution in [1.29, 1.82) is 0 Å². The summed E-state index contributed by atoms with van der Waals surface area (Å²) in [5.74, 6) is 0.554. The Kier molecular flexibility index (Phi) is 5.34. The number of likely N-dealkylation sites (N-methyl/N-ethyl adjacent to an activating group) is 1. The average Bonchev–Trinajstić information content (AvgIpc) is 2.78. The molecule has 0 unspecified atom stereocenters. The zero-order valence-corrected chi connectivity index (χ0v) is 17.4. The van der Waals surface area contributed by atoms with Gasteiger partial charge in [-0.1, -0.05) is 49.3 Å². The van der Waals surface area contributed by atoms with Crippen molar-refractivity contribution in [2.24, 2.45) is 0 Å². The number of halogens is 1. The molecule has 26 heavy (non-hydrogen) atoms. The minimum Gasteiger partial charge on any atom is -0.304 e. The van der Waals surface area contributed by atoms with Crippen molar-refractivity contribution in [3.63, 3.8) is 0 Å². The summed E-state index contributed by atoms with van der Waals surface area (Å²) >= 11 is 8.24. The third-order valence-electron chi connectivity index (χ3n) is 5.69. The molecule has 0 amide bonds. The first kappa shape index (κ1) is 18.4. The number of fused-ring (bicyclic) bond motifs is 2. The molecule has 1 atom stereocenters. The van der Waals surface area contributed by atoms with E-state index in [0.717, 1.165) is 37.6 Å². The van der Waals surface area contributed by atoms with Crippen molar-refractivity contribution in [3.8, 4) is 0 Å². The Morgan fingerprint density at radius 3 is 2.46 bits per heavy atom.